The first kappa shape index (κ1) is 16.6. The molecule has 0 radical (unpaired) electrons. The third-order valence-corrected chi connectivity index (χ3v) is 5.66. The van der Waals surface area contributed by atoms with E-state index in [1.54, 1.807) is 23.5 Å². The fourth-order valence-corrected chi connectivity index (χ4v) is 4.02. The average Bonchev–Trinajstić information content (AvgIpc) is 2.55. The van der Waals surface area contributed by atoms with E-state index >= 15 is 0 Å². The lowest BCUT2D eigenvalue weighted by Gasteiger charge is -2.09. The summed E-state index contributed by atoms with van der Waals surface area (Å²) in [5.41, 5.74) is 6.88. The van der Waals surface area contributed by atoms with Crippen LogP contribution in [0.25, 0.3) is 0 Å². The largest absolute Gasteiger partial charge is 0.398 e. The van der Waals surface area contributed by atoms with Crippen molar-refractivity contribution in [3.05, 3.63) is 76.8 Å². The highest BCUT2D eigenvalue weighted by Gasteiger charge is 2.06. The minimum atomic E-state index is 0.731. The van der Waals surface area contributed by atoms with Crippen molar-refractivity contribution in [3.63, 3.8) is 0 Å². The minimum Gasteiger partial charge on any atom is -0.398 e. The van der Waals surface area contributed by atoms with Crippen LogP contribution < -0.4 is 5.73 Å². The molecule has 3 aromatic carbocycles. The van der Waals surface area contributed by atoms with Gasteiger partial charge < -0.3 is 5.73 Å². The second-order valence-corrected chi connectivity index (χ2v) is 7.95. The summed E-state index contributed by atoms with van der Waals surface area (Å²) in [6.07, 6.45) is 0. The SMILES string of the molecule is Nc1ccc(Sc2ccc(Cl)cc2)cc1Sc1ccc(Cl)cc1. The van der Waals surface area contributed by atoms with Gasteiger partial charge in [0.05, 0.1) is 0 Å². The molecule has 0 aliphatic heterocycles. The van der Waals surface area contributed by atoms with Crippen LogP contribution in [0.4, 0.5) is 5.69 Å². The van der Waals surface area contributed by atoms with Gasteiger partial charge in [-0.15, -0.1) is 0 Å². The molecule has 5 heteroatoms. The van der Waals surface area contributed by atoms with Gasteiger partial charge >= 0.3 is 0 Å². The van der Waals surface area contributed by atoms with Crippen LogP contribution in [0.1, 0.15) is 0 Å². The van der Waals surface area contributed by atoms with E-state index in [1.807, 2.05) is 60.7 Å². The van der Waals surface area contributed by atoms with E-state index in [2.05, 4.69) is 6.07 Å². The lowest BCUT2D eigenvalue weighted by molar-refractivity contribution is 1.31. The second kappa shape index (κ2) is 7.54. The van der Waals surface area contributed by atoms with E-state index < -0.39 is 0 Å². The van der Waals surface area contributed by atoms with Crippen LogP contribution >= 0.6 is 46.7 Å². The van der Waals surface area contributed by atoms with Gasteiger partial charge in [0.15, 0.2) is 0 Å². The Kier molecular flexibility index (Phi) is 5.44. The van der Waals surface area contributed by atoms with Crippen LogP contribution in [0.15, 0.2) is 86.3 Å². The lowest BCUT2D eigenvalue weighted by atomic mass is 10.3. The summed E-state index contributed by atoms with van der Waals surface area (Å²) in [4.78, 5) is 4.42. The first-order chi connectivity index (χ1) is 11.1. The van der Waals surface area contributed by atoms with Crippen LogP contribution in [-0.4, -0.2) is 0 Å². The minimum absolute atomic E-state index is 0.731. The van der Waals surface area contributed by atoms with E-state index in [-0.39, 0.29) is 0 Å². The van der Waals surface area contributed by atoms with Crippen LogP contribution in [0.2, 0.25) is 10.0 Å². The van der Waals surface area contributed by atoms with Crippen LogP contribution in [-0.2, 0) is 0 Å². The zero-order valence-electron chi connectivity index (χ0n) is 12.0. The molecule has 0 saturated carbocycles. The number of halogens is 2. The summed E-state index contributed by atoms with van der Waals surface area (Å²) < 4.78 is 0. The lowest BCUT2D eigenvalue weighted by Crippen LogP contribution is -1.88. The van der Waals surface area contributed by atoms with E-state index in [0.717, 1.165) is 35.3 Å². The number of hydrogen-bond donors (Lipinski definition) is 1. The normalized spacial score (nSPS) is 10.7. The highest BCUT2D eigenvalue weighted by Crippen LogP contribution is 2.37. The van der Waals surface area contributed by atoms with E-state index in [4.69, 9.17) is 28.9 Å². The molecule has 0 aromatic heterocycles. The van der Waals surface area contributed by atoms with E-state index in [1.165, 1.54) is 0 Å². The Hall–Kier alpha value is -1.26. The number of hydrogen-bond acceptors (Lipinski definition) is 3. The van der Waals surface area contributed by atoms with Gasteiger partial charge in [0.25, 0.3) is 0 Å². The van der Waals surface area contributed by atoms with Crippen molar-refractivity contribution in [2.75, 3.05) is 5.73 Å². The van der Waals surface area contributed by atoms with Crippen molar-refractivity contribution in [3.8, 4) is 0 Å². The zero-order valence-corrected chi connectivity index (χ0v) is 15.1. The molecule has 2 N–H and O–H groups in total. The monoisotopic (exact) mass is 377 g/mol. The molecule has 0 amide bonds. The van der Waals surface area contributed by atoms with E-state index in [0.29, 0.717) is 0 Å². The topological polar surface area (TPSA) is 26.0 Å². The Morgan fingerprint density at radius 1 is 0.609 bits per heavy atom. The molecule has 0 aliphatic carbocycles. The Morgan fingerprint density at radius 2 is 1.09 bits per heavy atom. The molecular formula is C18H13Cl2NS2. The van der Waals surface area contributed by atoms with Gasteiger partial charge in [0.1, 0.15) is 0 Å². The Morgan fingerprint density at radius 3 is 1.65 bits per heavy atom. The maximum Gasteiger partial charge on any atom is 0.0456 e. The molecule has 1 nitrogen and oxygen atoms in total. The van der Waals surface area contributed by atoms with Gasteiger partial charge in [0, 0.05) is 35.3 Å². The molecule has 0 bridgehead atoms. The van der Waals surface area contributed by atoms with Crippen molar-refractivity contribution >= 4 is 52.4 Å². The van der Waals surface area contributed by atoms with Gasteiger partial charge in [0.2, 0.25) is 0 Å². The molecule has 3 aromatic rings. The third kappa shape index (κ3) is 4.61. The van der Waals surface area contributed by atoms with Crippen molar-refractivity contribution in [2.24, 2.45) is 0 Å². The highest BCUT2D eigenvalue weighted by atomic mass is 35.5. The van der Waals surface area contributed by atoms with E-state index in [9.17, 15) is 0 Å². The Bertz CT molecular complexity index is 802. The summed E-state index contributed by atoms with van der Waals surface area (Å²) in [6.45, 7) is 0. The molecule has 23 heavy (non-hydrogen) atoms. The molecule has 0 fully saturated rings. The van der Waals surface area contributed by atoms with Crippen molar-refractivity contribution in [2.45, 2.75) is 19.6 Å². The molecule has 0 aliphatic rings. The van der Waals surface area contributed by atoms with Crippen molar-refractivity contribution in [1.82, 2.24) is 0 Å². The standard InChI is InChI=1S/C18H13Cl2NS2/c19-12-1-5-14(6-2-12)22-16-9-10-17(21)18(11-16)23-15-7-3-13(20)4-8-15/h1-11H,21H2. The molecule has 0 unspecified atom stereocenters. The number of nitrogens with two attached hydrogens (primary N) is 1. The van der Waals surface area contributed by atoms with Crippen LogP contribution in [0.5, 0.6) is 0 Å². The first-order valence-corrected chi connectivity index (χ1v) is 9.25. The fourth-order valence-electron chi connectivity index (χ4n) is 1.93. The van der Waals surface area contributed by atoms with Gasteiger partial charge in [-0.05, 0) is 66.7 Å². The summed E-state index contributed by atoms with van der Waals surface area (Å²) in [5, 5.41) is 1.47. The van der Waals surface area contributed by atoms with Crippen molar-refractivity contribution < 1.29 is 0 Å². The summed E-state index contributed by atoms with van der Waals surface area (Å²) in [7, 11) is 0. The molecule has 0 saturated heterocycles. The highest BCUT2D eigenvalue weighted by molar-refractivity contribution is 8.00. The third-order valence-electron chi connectivity index (χ3n) is 3.08. The number of benzene rings is 3. The number of anilines is 1. The Labute approximate surface area is 154 Å². The summed E-state index contributed by atoms with van der Waals surface area (Å²) >= 11 is 15.2. The molecule has 3 rings (SSSR count). The number of rotatable bonds is 4. The van der Waals surface area contributed by atoms with Gasteiger partial charge in [-0.25, -0.2) is 0 Å². The molecule has 0 spiro atoms. The zero-order chi connectivity index (χ0) is 16.2. The smallest absolute Gasteiger partial charge is 0.0456 e. The maximum absolute atomic E-state index is 6.11. The molecule has 116 valence electrons. The van der Waals surface area contributed by atoms with Crippen LogP contribution in [0.3, 0.4) is 0 Å². The van der Waals surface area contributed by atoms with Gasteiger partial charge in [-0.2, -0.15) is 0 Å². The fraction of sp³-hybridized carbons (Fsp3) is 0. The van der Waals surface area contributed by atoms with Crippen molar-refractivity contribution in [1.29, 1.82) is 0 Å². The first-order valence-electron chi connectivity index (χ1n) is 6.86. The van der Waals surface area contributed by atoms with Crippen LogP contribution in [0, 0.1) is 0 Å². The number of nitrogen functional groups attached to an aromatic ring is 1. The summed E-state index contributed by atoms with van der Waals surface area (Å²) in [5.74, 6) is 0. The average molecular weight is 378 g/mol. The predicted octanol–water partition coefficient (Wildman–Crippen LogP) is 6.88. The summed E-state index contributed by atoms with van der Waals surface area (Å²) in [6, 6.07) is 21.6. The van der Waals surface area contributed by atoms with Gasteiger partial charge in [-0.3, -0.25) is 0 Å². The predicted molar refractivity (Wildman–Crippen MR) is 102 cm³/mol. The maximum atomic E-state index is 6.11. The molecule has 0 heterocycles. The quantitative estimate of drug-likeness (QED) is 0.501. The molecule has 0 atom stereocenters. The molecular weight excluding hydrogens is 365 g/mol. The van der Waals surface area contributed by atoms with Gasteiger partial charge in [-0.1, -0.05) is 46.7 Å². The Balaban J connectivity index is 1.81. The second-order valence-electron chi connectivity index (χ2n) is 4.81.